The highest BCUT2D eigenvalue weighted by Gasteiger charge is 2.42. The summed E-state index contributed by atoms with van der Waals surface area (Å²) in [4.78, 5) is 13.0. The van der Waals surface area contributed by atoms with Gasteiger partial charge in [0.15, 0.2) is 5.78 Å². The molecule has 2 bridgehead atoms. The molecule has 3 aliphatic carbocycles. The molecule has 0 radical (unpaired) electrons. The van der Waals surface area contributed by atoms with Crippen molar-refractivity contribution in [3.8, 4) is 0 Å². The number of rotatable bonds is 5. The third kappa shape index (κ3) is 2.48. The zero-order valence-electron chi connectivity index (χ0n) is 12.6. The van der Waals surface area contributed by atoms with Crippen LogP contribution in [0.4, 0.5) is 10.7 Å². The number of carbonyl (C=O) groups is 1. The monoisotopic (exact) mass is 304 g/mol. The fourth-order valence-corrected chi connectivity index (χ4v) is 5.53. The van der Waals surface area contributed by atoms with E-state index in [4.69, 9.17) is 5.73 Å². The molecule has 4 unspecified atom stereocenters. The molecule has 0 aromatic carbocycles. The summed E-state index contributed by atoms with van der Waals surface area (Å²) >= 11 is 1.56. The highest BCUT2D eigenvalue weighted by molar-refractivity contribution is 7.18. The normalized spacial score (nSPS) is 32.3. The smallest absolute Gasteiger partial charge is 0.178 e. The van der Waals surface area contributed by atoms with Crippen molar-refractivity contribution in [1.82, 2.24) is 0 Å². The molecule has 1 heterocycles. The number of carbonyl (C=O) groups excluding carboxylic acids is 1. The van der Waals surface area contributed by atoms with E-state index in [2.05, 4.69) is 12.2 Å². The molecule has 3 fully saturated rings. The van der Waals surface area contributed by atoms with Gasteiger partial charge in [-0.3, -0.25) is 4.79 Å². The molecule has 1 aromatic rings. The van der Waals surface area contributed by atoms with Gasteiger partial charge in [-0.25, -0.2) is 0 Å². The fraction of sp³-hybridized carbons (Fsp3) is 0.706. The number of fused-ring (bicyclic) bond motifs is 2. The average Bonchev–Trinajstić information content (AvgIpc) is 2.93. The zero-order chi connectivity index (χ0) is 14.6. The van der Waals surface area contributed by atoms with Crippen molar-refractivity contribution in [2.75, 3.05) is 11.1 Å². The number of thiophene rings is 1. The maximum Gasteiger partial charge on any atom is 0.178 e. The van der Waals surface area contributed by atoms with Gasteiger partial charge < -0.3 is 11.1 Å². The van der Waals surface area contributed by atoms with Gasteiger partial charge in [0.25, 0.3) is 0 Å². The van der Waals surface area contributed by atoms with Crippen LogP contribution in [0.2, 0.25) is 0 Å². The fourth-order valence-electron chi connectivity index (χ4n) is 4.44. The maximum atomic E-state index is 12.2. The van der Waals surface area contributed by atoms with Crippen molar-refractivity contribution in [2.45, 2.75) is 51.5 Å². The summed E-state index contributed by atoms with van der Waals surface area (Å²) in [5, 5.41) is 4.71. The van der Waals surface area contributed by atoms with Crippen LogP contribution in [0.15, 0.2) is 6.07 Å². The molecule has 4 heteroatoms. The van der Waals surface area contributed by atoms with Crippen LogP contribution in [-0.2, 0) is 0 Å². The molecule has 3 aliphatic rings. The van der Waals surface area contributed by atoms with Gasteiger partial charge in [-0.1, -0.05) is 6.42 Å². The largest absolute Gasteiger partial charge is 0.397 e. The first kappa shape index (κ1) is 13.6. The van der Waals surface area contributed by atoms with Crippen molar-refractivity contribution in [2.24, 2.45) is 23.7 Å². The van der Waals surface area contributed by atoms with Crippen molar-refractivity contribution >= 4 is 27.8 Å². The van der Waals surface area contributed by atoms with Crippen molar-refractivity contribution < 1.29 is 4.79 Å². The summed E-state index contributed by atoms with van der Waals surface area (Å²) in [7, 11) is 0. The predicted molar refractivity (Wildman–Crippen MR) is 87.8 cm³/mol. The molecule has 0 spiro atoms. The SMILES string of the molecule is CC(Nc1cc(N)c(C(=O)C2CC2)s1)C1CC2CCC1C2. The number of Topliss-reactive ketones (excluding diaryl/α,β-unsaturated/α-hetero) is 1. The van der Waals surface area contributed by atoms with Gasteiger partial charge in [-0.05, 0) is 62.8 Å². The Bertz CT molecular complexity index is 563. The maximum absolute atomic E-state index is 12.2. The van der Waals surface area contributed by atoms with Crippen LogP contribution in [0.1, 0.15) is 55.1 Å². The number of nitrogen functional groups attached to an aromatic ring is 1. The van der Waals surface area contributed by atoms with Crippen LogP contribution in [0.25, 0.3) is 0 Å². The van der Waals surface area contributed by atoms with E-state index in [1.165, 1.54) is 25.7 Å². The Morgan fingerprint density at radius 2 is 2.14 bits per heavy atom. The van der Waals surface area contributed by atoms with E-state index in [9.17, 15) is 4.79 Å². The molecule has 0 amide bonds. The number of hydrogen-bond donors (Lipinski definition) is 2. The zero-order valence-corrected chi connectivity index (χ0v) is 13.4. The lowest BCUT2D eigenvalue weighted by Crippen LogP contribution is -2.29. The lowest BCUT2D eigenvalue weighted by atomic mass is 9.84. The van der Waals surface area contributed by atoms with E-state index >= 15 is 0 Å². The number of nitrogens with two attached hydrogens (primary N) is 1. The molecule has 4 rings (SSSR count). The third-order valence-corrected chi connectivity index (χ3v) is 6.83. The van der Waals surface area contributed by atoms with Crippen molar-refractivity contribution in [1.29, 1.82) is 0 Å². The second kappa shape index (κ2) is 5.01. The van der Waals surface area contributed by atoms with Gasteiger partial charge in [0.1, 0.15) is 0 Å². The minimum Gasteiger partial charge on any atom is -0.397 e. The number of anilines is 2. The summed E-state index contributed by atoms with van der Waals surface area (Å²) in [6.07, 6.45) is 7.77. The standard InChI is InChI=1S/C17H24N2OS/c1-9(13-7-10-2-3-12(13)6-10)19-15-8-14(18)17(21-15)16(20)11-4-5-11/h8-13,19H,2-7,18H2,1H3. The lowest BCUT2D eigenvalue weighted by molar-refractivity contribution is 0.0972. The molecule has 0 aliphatic heterocycles. The minimum absolute atomic E-state index is 0.252. The molecule has 114 valence electrons. The quantitative estimate of drug-likeness (QED) is 0.803. The van der Waals surface area contributed by atoms with E-state index in [0.717, 1.165) is 40.5 Å². The minimum atomic E-state index is 0.252. The molecule has 3 nitrogen and oxygen atoms in total. The average molecular weight is 304 g/mol. The first-order chi connectivity index (χ1) is 10.1. The van der Waals surface area contributed by atoms with Crippen LogP contribution in [0, 0.1) is 23.7 Å². The van der Waals surface area contributed by atoms with Crippen LogP contribution in [0.3, 0.4) is 0 Å². The molecular formula is C17H24N2OS. The van der Waals surface area contributed by atoms with E-state index in [1.807, 2.05) is 6.07 Å². The number of ketones is 1. The van der Waals surface area contributed by atoms with Gasteiger partial charge in [0.05, 0.1) is 15.6 Å². The second-order valence-corrected chi connectivity index (χ2v) is 8.36. The van der Waals surface area contributed by atoms with E-state index in [-0.39, 0.29) is 11.7 Å². The molecule has 0 saturated heterocycles. The summed E-state index contributed by atoms with van der Waals surface area (Å²) in [5.41, 5.74) is 6.71. The van der Waals surface area contributed by atoms with Gasteiger partial charge in [0, 0.05) is 12.0 Å². The Morgan fingerprint density at radius 1 is 1.33 bits per heavy atom. The summed E-state index contributed by atoms with van der Waals surface area (Å²) in [6, 6.07) is 2.45. The van der Waals surface area contributed by atoms with Gasteiger partial charge in [-0.2, -0.15) is 0 Å². The predicted octanol–water partition coefficient (Wildman–Crippen LogP) is 4.16. The molecular weight excluding hydrogens is 280 g/mol. The summed E-state index contributed by atoms with van der Waals surface area (Å²) < 4.78 is 0. The van der Waals surface area contributed by atoms with Crippen molar-refractivity contribution in [3.05, 3.63) is 10.9 Å². The lowest BCUT2D eigenvalue weighted by Gasteiger charge is -2.28. The van der Waals surface area contributed by atoms with Crippen molar-refractivity contribution in [3.63, 3.8) is 0 Å². The van der Waals surface area contributed by atoms with E-state index in [1.54, 1.807) is 11.3 Å². The summed E-state index contributed by atoms with van der Waals surface area (Å²) in [5.74, 6) is 3.21. The highest BCUT2D eigenvalue weighted by Crippen LogP contribution is 2.50. The highest BCUT2D eigenvalue weighted by atomic mass is 32.1. The van der Waals surface area contributed by atoms with Gasteiger partial charge in [-0.15, -0.1) is 11.3 Å². The first-order valence-electron chi connectivity index (χ1n) is 8.32. The molecule has 21 heavy (non-hydrogen) atoms. The van der Waals surface area contributed by atoms with Crippen LogP contribution in [-0.4, -0.2) is 11.8 Å². The first-order valence-corrected chi connectivity index (χ1v) is 9.13. The molecule has 3 saturated carbocycles. The second-order valence-electron chi connectivity index (χ2n) is 7.31. The van der Waals surface area contributed by atoms with E-state index < -0.39 is 0 Å². The van der Waals surface area contributed by atoms with Crippen LogP contribution < -0.4 is 11.1 Å². The topological polar surface area (TPSA) is 55.1 Å². The van der Waals surface area contributed by atoms with Crippen LogP contribution >= 0.6 is 11.3 Å². The molecule has 1 aromatic heterocycles. The number of nitrogens with one attached hydrogen (secondary N) is 1. The summed E-state index contributed by atoms with van der Waals surface area (Å²) in [6.45, 7) is 2.30. The molecule has 4 atom stereocenters. The Balaban J connectivity index is 1.44. The van der Waals surface area contributed by atoms with Crippen LogP contribution in [0.5, 0.6) is 0 Å². The Morgan fingerprint density at radius 3 is 2.76 bits per heavy atom. The van der Waals surface area contributed by atoms with Gasteiger partial charge >= 0.3 is 0 Å². The number of hydrogen-bond acceptors (Lipinski definition) is 4. The third-order valence-electron chi connectivity index (χ3n) is 5.74. The van der Waals surface area contributed by atoms with E-state index in [0.29, 0.717) is 11.7 Å². The Labute approximate surface area is 130 Å². The van der Waals surface area contributed by atoms with Gasteiger partial charge in [0.2, 0.25) is 0 Å². The molecule has 3 N–H and O–H groups in total. The Kier molecular flexibility index (Phi) is 3.25. The Hall–Kier alpha value is -1.03.